The van der Waals surface area contributed by atoms with Crippen molar-refractivity contribution in [2.24, 2.45) is 0 Å². The minimum Gasteiger partial charge on any atom is -0.497 e. The molecule has 1 amide bonds. The number of hydrogen-bond donors (Lipinski definition) is 2. The number of ether oxygens (including phenoxy) is 2. The number of carbonyl (C=O) groups excluding carboxylic acids is 1. The predicted molar refractivity (Wildman–Crippen MR) is 109 cm³/mol. The van der Waals surface area contributed by atoms with E-state index < -0.39 is 11.9 Å². The van der Waals surface area contributed by atoms with Crippen LogP contribution in [-0.2, 0) is 4.79 Å². The third-order valence-corrected chi connectivity index (χ3v) is 3.98. The van der Waals surface area contributed by atoms with Gasteiger partial charge in [0.2, 0.25) is 0 Å². The summed E-state index contributed by atoms with van der Waals surface area (Å²) in [6, 6.07) is 22.4. The molecule has 6 heteroatoms. The first kappa shape index (κ1) is 19.7. The Bertz CT molecular complexity index is 1030. The van der Waals surface area contributed by atoms with E-state index in [9.17, 15) is 14.7 Å². The molecule has 0 aromatic heterocycles. The van der Waals surface area contributed by atoms with E-state index in [1.54, 1.807) is 86.0 Å². The van der Waals surface area contributed by atoms with Crippen LogP contribution in [-0.4, -0.2) is 24.1 Å². The number of amides is 1. The van der Waals surface area contributed by atoms with Crippen molar-refractivity contribution < 1.29 is 24.2 Å². The fourth-order valence-corrected chi connectivity index (χ4v) is 2.55. The quantitative estimate of drug-likeness (QED) is 0.587. The molecule has 3 aromatic carbocycles. The topological polar surface area (TPSA) is 84.9 Å². The fraction of sp³-hybridized carbons (Fsp3) is 0.0435. The van der Waals surface area contributed by atoms with Gasteiger partial charge in [0.25, 0.3) is 5.91 Å². The van der Waals surface area contributed by atoms with Gasteiger partial charge in [-0.15, -0.1) is 0 Å². The van der Waals surface area contributed by atoms with E-state index >= 15 is 0 Å². The van der Waals surface area contributed by atoms with Crippen LogP contribution in [0.2, 0.25) is 0 Å². The molecule has 146 valence electrons. The number of nitrogens with one attached hydrogen (secondary N) is 1. The number of aliphatic carboxylic acids is 1. The number of methoxy groups -OCH3 is 1. The number of carboxylic acids is 1. The number of carbonyl (C=O) groups is 2. The summed E-state index contributed by atoms with van der Waals surface area (Å²) in [6.45, 7) is 0. The lowest BCUT2D eigenvalue weighted by Crippen LogP contribution is -2.27. The first-order valence-electron chi connectivity index (χ1n) is 8.78. The highest BCUT2D eigenvalue weighted by atomic mass is 16.5. The van der Waals surface area contributed by atoms with Gasteiger partial charge < -0.3 is 19.9 Å². The molecule has 0 unspecified atom stereocenters. The van der Waals surface area contributed by atoms with Gasteiger partial charge in [0.05, 0.1) is 7.11 Å². The summed E-state index contributed by atoms with van der Waals surface area (Å²) in [4.78, 5) is 23.8. The summed E-state index contributed by atoms with van der Waals surface area (Å²) in [6.07, 6.45) is 1.38. The molecule has 0 saturated carbocycles. The Balaban J connectivity index is 1.78. The average molecular weight is 389 g/mol. The van der Waals surface area contributed by atoms with E-state index in [0.29, 0.717) is 28.4 Å². The number of benzene rings is 3. The number of rotatable bonds is 7. The molecule has 29 heavy (non-hydrogen) atoms. The molecule has 6 nitrogen and oxygen atoms in total. The van der Waals surface area contributed by atoms with Gasteiger partial charge in [-0.2, -0.15) is 0 Å². The molecule has 3 aromatic rings. The van der Waals surface area contributed by atoms with Crippen molar-refractivity contribution in [1.82, 2.24) is 5.32 Å². The molecule has 2 N–H and O–H groups in total. The van der Waals surface area contributed by atoms with Crippen molar-refractivity contribution in [1.29, 1.82) is 0 Å². The third-order valence-electron chi connectivity index (χ3n) is 3.98. The first-order chi connectivity index (χ1) is 14.0. The molecule has 0 spiro atoms. The van der Waals surface area contributed by atoms with Crippen LogP contribution in [0, 0.1) is 0 Å². The Hall–Kier alpha value is -4.06. The van der Waals surface area contributed by atoms with E-state index in [2.05, 4.69) is 5.32 Å². The van der Waals surface area contributed by atoms with Crippen LogP contribution in [0.3, 0.4) is 0 Å². The Labute approximate surface area is 168 Å². The molecule has 0 bridgehead atoms. The van der Waals surface area contributed by atoms with Crippen LogP contribution in [0.5, 0.6) is 17.2 Å². The molecule has 3 rings (SSSR count). The second kappa shape index (κ2) is 9.23. The fourth-order valence-electron chi connectivity index (χ4n) is 2.55. The zero-order valence-electron chi connectivity index (χ0n) is 15.7. The Kier molecular flexibility index (Phi) is 6.27. The van der Waals surface area contributed by atoms with Gasteiger partial charge in [-0.25, -0.2) is 4.79 Å². The monoisotopic (exact) mass is 389 g/mol. The Morgan fingerprint density at radius 2 is 1.55 bits per heavy atom. The summed E-state index contributed by atoms with van der Waals surface area (Å²) >= 11 is 0. The molecule has 0 atom stereocenters. The summed E-state index contributed by atoms with van der Waals surface area (Å²) in [5, 5.41) is 11.9. The highest BCUT2D eigenvalue weighted by Gasteiger charge is 2.13. The molecule has 0 aliphatic rings. The maximum Gasteiger partial charge on any atom is 0.352 e. The van der Waals surface area contributed by atoms with Gasteiger partial charge in [0, 0.05) is 5.56 Å². The van der Waals surface area contributed by atoms with Crippen LogP contribution < -0.4 is 14.8 Å². The van der Waals surface area contributed by atoms with E-state index in [1.165, 1.54) is 6.08 Å². The first-order valence-corrected chi connectivity index (χ1v) is 8.78. The van der Waals surface area contributed by atoms with Gasteiger partial charge in [-0.1, -0.05) is 30.3 Å². The van der Waals surface area contributed by atoms with Crippen LogP contribution in [0.15, 0.2) is 84.6 Å². The van der Waals surface area contributed by atoms with Crippen molar-refractivity contribution in [2.75, 3.05) is 7.11 Å². The van der Waals surface area contributed by atoms with Crippen LogP contribution in [0.4, 0.5) is 0 Å². The molecule has 0 aliphatic carbocycles. The Morgan fingerprint density at radius 1 is 0.862 bits per heavy atom. The summed E-state index contributed by atoms with van der Waals surface area (Å²) in [5.74, 6) is 0.126. The normalized spacial score (nSPS) is 10.9. The summed E-state index contributed by atoms with van der Waals surface area (Å²) < 4.78 is 10.9. The van der Waals surface area contributed by atoms with Crippen molar-refractivity contribution in [2.45, 2.75) is 0 Å². The molecule has 0 saturated heterocycles. The molecular weight excluding hydrogens is 370 g/mol. The lowest BCUT2D eigenvalue weighted by molar-refractivity contribution is -0.132. The standard InChI is InChI=1S/C23H19NO5/c1-28-18-10-12-19(13-11-18)29-20-9-5-6-16(14-20)15-21(23(26)27)24-22(25)17-7-3-2-4-8-17/h2-15H,1H3,(H,24,25)(H,26,27)/b21-15-. The highest BCUT2D eigenvalue weighted by Crippen LogP contribution is 2.25. The van der Waals surface area contributed by atoms with E-state index in [0.717, 1.165) is 0 Å². The lowest BCUT2D eigenvalue weighted by Gasteiger charge is -2.09. The van der Waals surface area contributed by atoms with E-state index in [4.69, 9.17) is 9.47 Å². The SMILES string of the molecule is COc1ccc(Oc2cccc(/C=C(\NC(=O)c3ccccc3)C(=O)O)c2)cc1. The molecule has 0 aliphatic heterocycles. The average Bonchev–Trinajstić information content (AvgIpc) is 2.74. The zero-order valence-corrected chi connectivity index (χ0v) is 15.7. The van der Waals surface area contributed by atoms with E-state index in [-0.39, 0.29) is 5.70 Å². The zero-order chi connectivity index (χ0) is 20.6. The minimum absolute atomic E-state index is 0.236. The number of carboxylic acid groups (broad SMARTS) is 1. The van der Waals surface area contributed by atoms with Crippen LogP contribution in [0.1, 0.15) is 15.9 Å². The summed E-state index contributed by atoms with van der Waals surface area (Å²) in [5.41, 5.74) is 0.707. The van der Waals surface area contributed by atoms with Crippen molar-refractivity contribution in [3.63, 3.8) is 0 Å². The van der Waals surface area contributed by atoms with Gasteiger partial charge in [0.1, 0.15) is 22.9 Å². The molecule has 0 fully saturated rings. The van der Waals surface area contributed by atoms with Crippen LogP contribution >= 0.6 is 0 Å². The highest BCUT2D eigenvalue weighted by molar-refractivity contribution is 6.02. The summed E-state index contributed by atoms with van der Waals surface area (Å²) in [7, 11) is 1.59. The second-order valence-electron chi connectivity index (χ2n) is 6.03. The molecular formula is C23H19NO5. The third kappa shape index (κ3) is 5.46. The van der Waals surface area contributed by atoms with E-state index in [1.807, 2.05) is 0 Å². The number of hydrogen-bond acceptors (Lipinski definition) is 4. The second-order valence-corrected chi connectivity index (χ2v) is 6.03. The van der Waals surface area contributed by atoms with Gasteiger partial charge in [-0.05, 0) is 60.2 Å². The van der Waals surface area contributed by atoms with Crippen molar-refractivity contribution in [3.8, 4) is 17.2 Å². The van der Waals surface area contributed by atoms with Gasteiger partial charge >= 0.3 is 5.97 Å². The Morgan fingerprint density at radius 3 is 2.21 bits per heavy atom. The maximum absolute atomic E-state index is 12.3. The largest absolute Gasteiger partial charge is 0.497 e. The van der Waals surface area contributed by atoms with Gasteiger partial charge in [0.15, 0.2) is 0 Å². The van der Waals surface area contributed by atoms with Crippen molar-refractivity contribution in [3.05, 3.63) is 95.7 Å². The van der Waals surface area contributed by atoms with Gasteiger partial charge in [-0.3, -0.25) is 4.79 Å². The minimum atomic E-state index is -1.24. The van der Waals surface area contributed by atoms with Crippen LogP contribution in [0.25, 0.3) is 6.08 Å². The molecule has 0 heterocycles. The smallest absolute Gasteiger partial charge is 0.352 e. The van der Waals surface area contributed by atoms with Crippen molar-refractivity contribution >= 4 is 18.0 Å². The maximum atomic E-state index is 12.3. The predicted octanol–water partition coefficient (Wildman–Crippen LogP) is 4.34. The molecule has 0 radical (unpaired) electrons. The lowest BCUT2D eigenvalue weighted by atomic mass is 10.1.